The molecule has 84 valence electrons. The lowest BCUT2D eigenvalue weighted by Crippen LogP contribution is -2.42. The van der Waals surface area contributed by atoms with Gasteiger partial charge >= 0.3 is 0 Å². The van der Waals surface area contributed by atoms with Crippen molar-refractivity contribution in [3.8, 4) is 0 Å². The van der Waals surface area contributed by atoms with Crippen LogP contribution in [0.5, 0.6) is 0 Å². The van der Waals surface area contributed by atoms with Gasteiger partial charge < -0.3 is 5.11 Å². The van der Waals surface area contributed by atoms with E-state index < -0.39 is 0 Å². The van der Waals surface area contributed by atoms with Crippen LogP contribution >= 0.6 is 0 Å². The molecule has 0 heterocycles. The van der Waals surface area contributed by atoms with Crippen molar-refractivity contribution in [1.82, 2.24) is 0 Å². The van der Waals surface area contributed by atoms with Crippen LogP contribution in [0, 0.1) is 29.1 Å². The number of aliphatic hydroxyl groups is 1. The summed E-state index contributed by atoms with van der Waals surface area (Å²) in [6.45, 7) is 9.09. The maximum Gasteiger partial charge on any atom is 0.0636 e. The van der Waals surface area contributed by atoms with E-state index in [4.69, 9.17) is 0 Å². The van der Waals surface area contributed by atoms with Crippen molar-refractivity contribution in [2.75, 3.05) is 0 Å². The first-order valence-electron chi connectivity index (χ1n) is 6.39. The van der Waals surface area contributed by atoms with Gasteiger partial charge in [-0.05, 0) is 48.9 Å². The Hall–Kier alpha value is -0.300. The molecule has 4 bridgehead atoms. The van der Waals surface area contributed by atoms with Crippen LogP contribution in [-0.4, -0.2) is 11.2 Å². The Balaban J connectivity index is 2.10. The van der Waals surface area contributed by atoms with E-state index in [0.29, 0.717) is 23.2 Å². The van der Waals surface area contributed by atoms with E-state index in [-0.39, 0.29) is 6.10 Å². The lowest BCUT2D eigenvalue weighted by molar-refractivity contribution is 0.00430. The van der Waals surface area contributed by atoms with Crippen LogP contribution in [0.25, 0.3) is 0 Å². The van der Waals surface area contributed by atoms with Gasteiger partial charge in [-0.15, -0.1) is 0 Å². The molecule has 0 radical (unpaired) electrons. The lowest BCUT2D eigenvalue weighted by Gasteiger charge is -2.43. The average molecular weight is 206 g/mol. The molecule has 4 fully saturated rings. The summed E-state index contributed by atoms with van der Waals surface area (Å²) in [6.07, 6.45) is 4.87. The molecular formula is C14H22O. The summed E-state index contributed by atoms with van der Waals surface area (Å²) < 4.78 is 0. The third kappa shape index (κ3) is 1.13. The number of hydrogen-bond donors (Lipinski definition) is 1. The molecule has 0 amide bonds. The van der Waals surface area contributed by atoms with Gasteiger partial charge in [-0.2, -0.15) is 0 Å². The number of rotatable bonds is 0. The zero-order valence-electron chi connectivity index (χ0n) is 9.87. The van der Waals surface area contributed by atoms with E-state index in [9.17, 15) is 5.11 Å². The van der Waals surface area contributed by atoms with Crippen molar-refractivity contribution in [3.05, 3.63) is 12.2 Å². The lowest BCUT2D eigenvalue weighted by atomic mass is 9.63. The Bertz CT molecular complexity index is 304. The summed E-state index contributed by atoms with van der Waals surface area (Å²) in [5.74, 6) is 2.42. The molecular weight excluding hydrogens is 184 g/mol. The Kier molecular flexibility index (Phi) is 1.90. The molecule has 4 aliphatic rings. The third-order valence-corrected chi connectivity index (χ3v) is 5.51. The maximum absolute atomic E-state index is 10.4. The second-order valence-corrected chi connectivity index (χ2v) is 6.57. The molecule has 0 spiro atoms. The van der Waals surface area contributed by atoms with Crippen LogP contribution < -0.4 is 0 Å². The Labute approximate surface area is 92.6 Å². The van der Waals surface area contributed by atoms with Crippen molar-refractivity contribution in [2.45, 2.75) is 45.6 Å². The van der Waals surface area contributed by atoms with Crippen LogP contribution in [0.4, 0.5) is 0 Å². The highest BCUT2D eigenvalue weighted by atomic mass is 16.3. The average Bonchev–Trinajstić information content (AvgIpc) is 2.49. The largest absolute Gasteiger partial charge is 0.392 e. The number of aliphatic hydroxyl groups excluding tert-OH is 1. The first-order chi connectivity index (χ1) is 7.02. The smallest absolute Gasteiger partial charge is 0.0636 e. The summed E-state index contributed by atoms with van der Waals surface area (Å²) in [5, 5.41) is 10.4. The van der Waals surface area contributed by atoms with Gasteiger partial charge in [-0.1, -0.05) is 26.0 Å². The maximum atomic E-state index is 10.4. The zero-order chi connectivity index (χ0) is 10.8. The predicted octanol–water partition coefficient (Wildman–Crippen LogP) is 3.00. The Morgan fingerprint density at radius 3 is 2.67 bits per heavy atom. The molecule has 1 unspecified atom stereocenters. The molecule has 4 rings (SSSR count). The molecule has 4 saturated carbocycles. The van der Waals surface area contributed by atoms with Gasteiger partial charge in [0.25, 0.3) is 0 Å². The first-order valence-corrected chi connectivity index (χ1v) is 6.39. The van der Waals surface area contributed by atoms with Crippen molar-refractivity contribution in [2.24, 2.45) is 29.1 Å². The van der Waals surface area contributed by atoms with Crippen molar-refractivity contribution in [3.63, 3.8) is 0 Å². The second kappa shape index (κ2) is 2.88. The summed E-state index contributed by atoms with van der Waals surface area (Å²) in [4.78, 5) is 0. The minimum absolute atomic E-state index is 0.0805. The molecule has 0 saturated heterocycles. The summed E-state index contributed by atoms with van der Waals surface area (Å²) in [5.41, 5.74) is 1.80. The van der Waals surface area contributed by atoms with Gasteiger partial charge in [0.05, 0.1) is 6.10 Å². The summed E-state index contributed by atoms with van der Waals surface area (Å²) >= 11 is 0. The fourth-order valence-corrected chi connectivity index (χ4v) is 4.80. The molecule has 5 atom stereocenters. The fourth-order valence-electron chi connectivity index (χ4n) is 4.80. The molecule has 1 heteroatoms. The minimum Gasteiger partial charge on any atom is -0.392 e. The van der Waals surface area contributed by atoms with Gasteiger partial charge in [-0.25, -0.2) is 0 Å². The standard InChI is InChI=1S/C14H22O/c1-8-9-4-5-11-12(9)14(2,3)7-6-10(8)13(11)15/h9-13,15H,1,4-7H2,2-3H3/t9-,10-,11+,12+,13?/m0/s1. The molecule has 15 heavy (non-hydrogen) atoms. The number of hydrogen-bond acceptors (Lipinski definition) is 1. The topological polar surface area (TPSA) is 20.2 Å². The normalized spacial score (nSPS) is 51.9. The van der Waals surface area contributed by atoms with E-state index in [0.717, 1.165) is 12.3 Å². The van der Waals surface area contributed by atoms with Gasteiger partial charge in [0.2, 0.25) is 0 Å². The van der Waals surface area contributed by atoms with E-state index in [1.54, 1.807) is 0 Å². The minimum atomic E-state index is -0.0805. The van der Waals surface area contributed by atoms with Crippen LogP contribution in [0.3, 0.4) is 0 Å². The molecule has 1 nitrogen and oxygen atoms in total. The SMILES string of the molecule is C=C1[C@@H]2CCC(C)(C)[C@@H]3[C@H]1CC[C@H]3C2O. The Morgan fingerprint density at radius 2 is 1.93 bits per heavy atom. The third-order valence-electron chi connectivity index (χ3n) is 5.51. The van der Waals surface area contributed by atoms with E-state index >= 15 is 0 Å². The van der Waals surface area contributed by atoms with Crippen molar-refractivity contribution >= 4 is 0 Å². The fraction of sp³-hybridized carbons (Fsp3) is 0.857. The Morgan fingerprint density at radius 1 is 1.20 bits per heavy atom. The quantitative estimate of drug-likeness (QED) is 0.604. The molecule has 0 aromatic heterocycles. The molecule has 1 N–H and O–H groups in total. The molecule has 0 aromatic carbocycles. The van der Waals surface area contributed by atoms with Crippen LogP contribution in [0.15, 0.2) is 12.2 Å². The van der Waals surface area contributed by atoms with Gasteiger partial charge in [0.15, 0.2) is 0 Å². The van der Waals surface area contributed by atoms with Crippen molar-refractivity contribution in [1.29, 1.82) is 0 Å². The van der Waals surface area contributed by atoms with Gasteiger partial charge in [-0.3, -0.25) is 0 Å². The highest BCUT2D eigenvalue weighted by Crippen LogP contribution is 2.62. The van der Waals surface area contributed by atoms with Gasteiger partial charge in [0, 0.05) is 5.92 Å². The van der Waals surface area contributed by atoms with E-state index in [1.807, 2.05) is 0 Å². The first kappa shape index (κ1) is 9.89. The highest BCUT2D eigenvalue weighted by Gasteiger charge is 2.57. The molecule has 0 aliphatic heterocycles. The van der Waals surface area contributed by atoms with E-state index in [1.165, 1.54) is 24.8 Å². The monoisotopic (exact) mass is 206 g/mol. The van der Waals surface area contributed by atoms with Gasteiger partial charge in [0.1, 0.15) is 0 Å². The summed E-state index contributed by atoms with van der Waals surface area (Å²) in [7, 11) is 0. The van der Waals surface area contributed by atoms with Crippen LogP contribution in [0.2, 0.25) is 0 Å². The molecule has 4 aliphatic carbocycles. The second-order valence-electron chi connectivity index (χ2n) is 6.57. The summed E-state index contributed by atoms with van der Waals surface area (Å²) in [6, 6.07) is 0. The van der Waals surface area contributed by atoms with Crippen molar-refractivity contribution < 1.29 is 5.11 Å². The van der Waals surface area contributed by atoms with E-state index in [2.05, 4.69) is 20.4 Å². The number of fused-ring (bicyclic) bond motifs is 2. The predicted molar refractivity (Wildman–Crippen MR) is 61.4 cm³/mol. The molecule has 0 aromatic rings. The zero-order valence-corrected chi connectivity index (χ0v) is 9.87. The highest BCUT2D eigenvalue weighted by molar-refractivity contribution is 5.22. The van der Waals surface area contributed by atoms with Crippen LogP contribution in [-0.2, 0) is 0 Å². The van der Waals surface area contributed by atoms with Crippen LogP contribution in [0.1, 0.15) is 39.5 Å².